The molecule has 1 fully saturated rings. The van der Waals surface area contributed by atoms with Crippen LogP contribution in [0.15, 0.2) is 0 Å². The molecule has 54 valence electrons. The second kappa shape index (κ2) is 3.15. The minimum Gasteiger partial charge on any atom is -0.396 e. The van der Waals surface area contributed by atoms with Crippen molar-refractivity contribution in [1.82, 2.24) is 0 Å². The summed E-state index contributed by atoms with van der Waals surface area (Å²) in [6, 6.07) is 0. The van der Waals surface area contributed by atoms with E-state index in [1.165, 1.54) is 0 Å². The number of ether oxygens (including phenoxy) is 1. The van der Waals surface area contributed by atoms with Crippen molar-refractivity contribution in [3.63, 3.8) is 0 Å². The predicted molar refractivity (Wildman–Crippen MR) is 32.1 cm³/mol. The molecule has 0 aromatic rings. The number of aliphatic hydroxyl groups is 2. The molecule has 2 atom stereocenters. The van der Waals surface area contributed by atoms with E-state index in [-0.39, 0.29) is 18.8 Å². The van der Waals surface area contributed by atoms with Crippen LogP contribution in [0.1, 0.15) is 12.8 Å². The SMILES string of the molecule is OCC[C@@H]1OCCC1O. The quantitative estimate of drug-likeness (QED) is 0.533. The molecule has 0 aromatic carbocycles. The molecular weight excluding hydrogens is 120 g/mol. The molecule has 1 aliphatic rings. The van der Waals surface area contributed by atoms with Gasteiger partial charge in [-0.25, -0.2) is 0 Å². The molecule has 0 aliphatic carbocycles. The molecule has 3 heteroatoms. The first-order valence-corrected chi connectivity index (χ1v) is 3.25. The molecule has 0 aromatic heterocycles. The van der Waals surface area contributed by atoms with E-state index in [1.807, 2.05) is 0 Å². The maximum Gasteiger partial charge on any atom is 0.0856 e. The highest BCUT2D eigenvalue weighted by molar-refractivity contribution is 4.74. The van der Waals surface area contributed by atoms with Gasteiger partial charge in [-0.1, -0.05) is 0 Å². The van der Waals surface area contributed by atoms with E-state index in [0.29, 0.717) is 19.4 Å². The molecule has 1 heterocycles. The van der Waals surface area contributed by atoms with Crippen molar-refractivity contribution in [2.45, 2.75) is 25.0 Å². The lowest BCUT2D eigenvalue weighted by Crippen LogP contribution is -2.21. The Morgan fingerprint density at radius 3 is 2.78 bits per heavy atom. The summed E-state index contributed by atoms with van der Waals surface area (Å²) in [6.45, 7) is 0.730. The zero-order valence-corrected chi connectivity index (χ0v) is 5.29. The Balaban J connectivity index is 2.22. The largest absolute Gasteiger partial charge is 0.396 e. The molecule has 3 nitrogen and oxygen atoms in total. The maximum absolute atomic E-state index is 9.08. The Bertz CT molecular complexity index is 84.4. The minimum absolute atomic E-state index is 0.0989. The van der Waals surface area contributed by atoms with Crippen molar-refractivity contribution in [2.24, 2.45) is 0 Å². The van der Waals surface area contributed by atoms with Crippen LogP contribution in [-0.4, -0.2) is 35.6 Å². The Labute approximate surface area is 54.3 Å². The maximum atomic E-state index is 9.08. The van der Waals surface area contributed by atoms with Gasteiger partial charge in [-0.05, 0) is 12.8 Å². The number of aliphatic hydroxyl groups excluding tert-OH is 2. The Kier molecular flexibility index (Phi) is 2.45. The standard InChI is InChI=1S/C6H12O3/c7-3-1-6-5(8)2-4-9-6/h5-8H,1-4H2/t5?,6-/m0/s1. The van der Waals surface area contributed by atoms with Crippen LogP contribution in [0.5, 0.6) is 0 Å². The third-order valence-corrected chi connectivity index (χ3v) is 1.59. The highest BCUT2D eigenvalue weighted by Gasteiger charge is 2.24. The molecular formula is C6H12O3. The van der Waals surface area contributed by atoms with Gasteiger partial charge in [-0.2, -0.15) is 0 Å². The molecule has 1 aliphatic heterocycles. The van der Waals surface area contributed by atoms with E-state index in [1.54, 1.807) is 0 Å². The van der Waals surface area contributed by atoms with Crippen molar-refractivity contribution in [3.8, 4) is 0 Å². The second-order valence-electron chi connectivity index (χ2n) is 2.28. The van der Waals surface area contributed by atoms with Gasteiger partial charge in [0.25, 0.3) is 0 Å². The Morgan fingerprint density at radius 1 is 1.56 bits per heavy atom. The molecule has 9 heavy (non-hydrogen) atoms. The average molecular weight is 132 g/mol. The van der Waals surface area contributed by atoms with Crippen LogP contribution in [0.4, 0.5) is 0 Å². The zero-order valence-electron chi connectivity index (χ0n) is 5.29. The molecule has 0 saturated carbocycles. The van der Waals surface area contributed by atoms with Crippen molar-refractivity contribution < 1.29 is 14.9 Å². The Morgan fingerprint density at radius 2 is 2.33 bits per heavy atom. The lowest BCUT2D eigenvalue weighted by atomic mass is 10.1. The first-order chi connectivity index (χ1) is 4.34. The summed E-state index contributed by atoms with van der Waals surface area (Å²) in [5.41, 5.74) is 0. The molecule has 1 saturated heterocycles. The average Bonchev–Trinajstić information content (AvgIpc) is 2.18. The normalized spacial score (nSPS) is 35.3. The fraction of sp³-hybridized carbons (Fsp3) is 1.00. The van der Waals surface area contributed by atoms with Crippen LogP contribution in [-0.2, 0) is 4.74 Å². The first kappa shape index (κ1) is 6.99. The highest BCUT2D eigenvalue weighted by atomic mass is 16.5. The smallest absolute Gasteiger partial charge is 0.0856 e. The summed E-state index contributed by atoms with van der Waals surface area (Å²) in [6.07, 6.45) is 0.804. The molecule has 2 N–H and O–H groups in total. The molecule has 0 spiro atoms. The summed E-state index contributed by atoms with van der Waals surface area (Å²) in [5.74, 6) is 0. The monoisotopic (exact) mass is 132 g/mol. The van der Waals surface area contributed by atoms with Gasteiger partial charge in [-0.3, -0.25) is 0 Å². The minimum atomic E-state index is -0.350. The molecule has 0 radical (unpaired) electrons. The highest BCUT2D eigenvalue weighted by Crippen LogP contribution is 2.15. The van der Waals surface area contributed by atoms with Crippen molar-refractivity contribution in [3.05, 3.63) is 0 Å². The van der Waals surface area contributed by atoms with Gasteiger partial charge < -0.3 is 14.9 Å². The fourth-order valence-electron chi connectivity index (χ4n) is 1.04. The summed E-state index contributed by atoms with van der Waals surface area (Å²) in [5, 5.41) is 17.5. The number of hydrogen-bond donors (Lipinski definition) is 2. The summed E-state index contributed by atoms with van der Waals surface area (Å²) in [4.78, 5) is 0. The predicted octanol–water partition coefficient (Wildman–Crippen LogP) is -0.481. The Hall–Kier alpha value is -0.120. The van der Waals surface area contributed by atoms with Gasteiger partial charge in [0.1, 0.15) is 0 Å². The van der Waals surface area contributed by atoms with E-state index in [4.69, 9.17) is 14.9 Å². The van der Waals surface area contributed by atoms with Crippen LogP contribution < -0.4 is 0 Å². The van der Waals surface area contributed by atoms with Crippen LogP contribution in [0, 0.1) is 0 Å². The van der Waals surface area contributed by atoms with Crippen LogP contribution in [0.3, 0.4) is 0 Å². The summed E-state index contributed by atoms with van der Waals surface area (Å²) < 4.78 is 5.10. The lowest BCUT2D eigenvalue weighted by molar-refractivity contribution is 0.0257. The van der Waals surface area contributed by atoms with Crippen LogP contribution >= 0.6 is 0 Å². The van der Waals surface area contributed by atoms with E-state index in [0.717, 1.165) is 0 Å². The fourth-order valence-corrected chi connectivity index (χ4v) is 1.04. The van der Waals surface area contributed by atoms with E-state index >= 15 is 0 Å². The van der Waals surface area contributed by atoms with Crippen molar-refractivity contribution in [1.29, 1.82) is 0 Å². The van der Waals surface area contributed by atoms with Gasteiger partial charge in [0.2, 0.25) is 0 Å². The third kappa shape index (κ3) is 1.64. The van der Waals surface area contributed by atoms with Gasteiger partial charge in [0.05, 0.1) is 12.2 Å². The van der Waals surface area contributed by atoms with Crippen molar-refractivity contribution >= 4 is 0 Å². The van der Waals surface area contributed by atoms with Gasteiger partial charge in [-0.15, -0.1) is 0 Å². The third-order valence-electron chi connectivity index (χ3n) is 1.59. The van der Waals surface area contributed by atoms with E-state index < -0.39 is 0 Å². The number of rotatable bonds is 2. The van der Waals surface area contributed by atoms with E-state index in [2.05, 4.69) is 0 Å². The summed E-state index contributed by atoms with van der Waals surface area (Å²) in [7, 11) is 0. The lowest BCUT2D eigenvalue weighted by Gasteiger charge is -2.10. The van der Waals surface area contributed by atoms with Crippen LogP contribution in [0.25, 0.3) is 0 Å². The second-order valence-corrected chi connectivity index (χ2v) is 2.28. The molecule has 0 amide bonds. The van der Waals surface area contributed by atoms with Crippen molar-refractivity contribution in [2.75, 3.05) is 13.2 Å². The van der Waals surface area contributed by atoms with Gasteiger partial charge >= 0.3 is 0 Å². The van der Waals surface area contributed by atoms with Crippen LogP contribution in [0.2, 0.25) is 0 Å². The molecule has 0 bridgehead atoms. The van der Waals surface area contributed by atoms with Gasteiger partial charge in [0.15, 0.2) is 0 Å². The first-order valence-electron chi connectivity index (χ1n) is 3.25. The topological polar surface area (TPSA) is 49.7 Å². The number of hydrogen-bond acceptors (Lipinski definition) is 3. The molecule has 1 rings (SSSR count). The zero-order chi connectivity index (χ0) is 6.69. The molecule has 1 unspecified atom stereocenters. The van der Waals surface area contributed by atoms with Gasteiger partial charge in [0, 0.05) is 13.2 Å². The summed E-state index contributed by atoms with van der Waals surface area (Å²) >= 11 is 0. The van der Waals surface area contributed by atoms with E-state index in [9.17, 15) is 0 Å².